The van der Waals surface area contributed by atoms with Gasteiger partial charge in [0.15, 0.2) is 0 Å². The summed E-state index contributed by atoms with van der Waals surface area (Å²) in [7, 11) is -4.51. The number of carbonyl (C=O) groups is 2. The lowest BCUT2D eigenvalue weighted by molar-refractivity contribution is -0.160. The van der Waals surface area contributed by atoms with Crippen LogP contribution in [0.25, 0.3) is 0 Å². The molecule has 3 rings (SSSR count). The fourth-order valence-electron chi connectivity index (χ4n) is 4.47. The van der Waals surface area contributed by atoms with Gasteiger partial charge < -0.3 is 9.64 Å². The van der Waals surface area contributed by atoms with Crippen molar-refractivity contribution in [2.75, 3.05) is 19.8 Å². The summed E-state index contributed by atoms with van der Waals surface area (Å²) in [5.74, 6) is -0.446. The minimum absolute atomic E-state index is 0.120. The van der Waals surface area contributed by atoms with Crippen LogP contribution in [0.5, 0.6) is 0 Å². The lowest BCUT2D eigenvalue weighted by Gasteiger charge is -2.34. The molecule has 2 bridgehead atoms. The molecule has 0 spiro atoms. The third kappa shape index (κ3) is 4.59. The fourth-order valence-corrected chi connectivity index (χ4v) is 5.26. The molecule has 2 atom stereocenters. The second-order valence-electron chi connectivity index (χ2n) is 8.16. The monoisotopic (exact) mass is 430 g/mol. The molecule has 0 unspecified atom stereocenters. The van der Waals surface area contributed by atoms with E-state index in [-0.39, 0.29) is 25.3 Å². The van der Waals surface area contributed by atoms with Crippen LogP contribution in [0.3, 0.4) is 0 Å². The zero-order chi connectivity index (χ0) is 21.2. The first kappa shape index (κ1) is 22.0. The normalized spacial score (nSPS) is 26.5. The van der Waals surface area contributed by atoms with Crippen molar-refractivity contribution in [1.29, 1.82) is 0 Å². The lowest BCUT2D eigenvalue weighted by Crippen LogP contribution is -2.42. The molecule has 29 heavy (non-hydrogen) atoms. The topological polar surface area (TPSA) is 102 Å². The summed E-state index contributed by atoms with van der Waals surface area (Å²) in [5.41, 5.74) is -0.143. The molecule has 0 radical (unpaired) electrons. The number of rotatable bonds is 8. The number of nitrogens with zero attached hydrogens (tertiary/aromatic N) is 2. The first-order valence-corrected chi connectivity index (χ1v) is 11.5. The number of carbonyl (C=O) groups excluding carboxylic acids is 2. The van der Waals surface area contributed by atoms with Gasteiger partial charge >= 0.3 is 22.4 Å². The van der Waals surface area contributed by atoms with Gasteiger partial charge in [0.2, 0.25) is 0 Å². The van der Waals surface area contributed by atoms with E-state index >= 15 is 0 Å². The van der Waals surface area contributed by atoms with Gasteiger partial charge in [0.05, 0.1) is 30.7 Å². The van der Waals surface area contributed by atoms with Crippen molar-refractivity contribution in [2.45, 2.75) is 70.9 Å². The molecule has 0 aromatic rings. The minimum Gasteiger partial charge on any atom is -0.465 e. The smallest absolute Gasteiger partial charge is 0.421 e. The van der Waals surface area contributed by atoms with Crippen LogP contribution in [-0.2, 0) is 28.4 Å². The van der Waals surface area contributed by atoms with Gasteiger partial charge in [0.25, 0.3) is 0 Å². The molecule has 9 nitrogen and oxygen atoms in total. The summed E-state index contributed by atoms with van der Waals surface area (Å²) in [6.07, 6.45) is 4.90. The van der Waals surface area contributed by atoms with Gasteiger partial charge in [0, 0.05) is 6.54 Å². The van der Waals surface area contributed by atoms with E-state index in [1.54, 1.807) is 11.8 Å². The maximum Gasteiger partial charge on any atom is 0.421 e. The highest BCUT2D eigenvalue weighted by Gasteiger charge is 2.48. The second kappa shape index (κ2) is 8.61. The Hall–Kier alpha value is -1.65. The van der Waals surface area contributed by atoms with Crippen molar-refractivity contribution >= 4 is 22.4 Å². The van der Waals surface area contributed by atoms with Crippen LogP contribution in [0.1, 0.15) is 58.8 Å². The molecule has 3 aliphatic rings. The molecule has 2 amide bonds. The average molecular weight is 431 g/mol. The maximum atomic E-state index is 12.6. The Morgan fingerprint density at radius 3 is 2.55 bits per heavy atom. The zero-order valence-electron chi connectivity index (χ0n) is 17.1. The van der Waals surface area contributed by atoms with E-state index in [1.807, 2.05) is 6.92 Å². The summed E-state index contributed by atoms with van der Waals surface area (Å²) >= 11 is 0. The van der Waals surface area contributed by atoms with Gasteiger partial charge in [-0.1, -0.05) is 31.4 Å². The van der Waals surface area contributed by atoms with Crippen LogP contribution >= 0.6 is 0 Å². The predicted octanol–water partition coefficient (Wildman–Crippen LogP) is 2.54. The molecule has 2 aliphatic heterocycles. The Labute approximate surface area is 172 Å². The first-order valence-electron chi connectivity index (χ1n) is 10.2. The van der Waals surface area contributed by atoms with Gasteiger partial charge in [-0.25, -0.2) is 8.98 Å². The van der Waals surface area contributed by atoms with E-state index in [4.69, 9.17) is 13.2 Å². The Morgan fingerprint density at radius 2 is 1.93 bits per heavy atom. The van der Waals surface area contributed by atoms with Crippen molar-refractivity contribution in [1.82, 2.24) is 9.96 Å². The van der Waals surface area contributed by atoms with Crippen molar-refractivity contribution in [3.63, 3.8) is 0 Å². The van der Waals surface area contributed by atoms with Gasteiger partial charge in [-0.3, -0.25) is 4.79 Å². The first-order chi connectivity index (χ1) is 13.7. The molecule has 1 saturated carbocycles. The van der Waals surface area contributed by atoms with E-state index in [0.717, 1.165) is 29.9 Å². The number of esters is 1. The van der Waals surface area contributed by atoms with Crippen molar-refractivity contribution in [3.8, 4) is 0 Å². The van der Waals surface area contributed by atoms with Gasteiger partial charge in [-0.15, -0.1) is 4.28 Å². The quantitative estimate of drug-likeness (QED) is 0.431. The van der Waals surface area contributed by atoms with Gasteiger partial charge in [-0.05, 0) is 39.5 Å². The summed E-state index contributed by atoms with van der Waals surface area (Å²) in [6.45, 7) is 7.72. The number of hydroxylamine groups is 2. The van der Waals surface area contributed by atoms with Crippen molar-refractivity contribution in [2.24, 2.45) is 5.41 Å². The number of ether oxygens (including phenoxy) is 1. The molecule has 2 heterocycles. The summed E-state index contributed by atoms with van der Waals surface area (Å²) < 4.78 is 40.2. The second-order valence-corrected chi connectivity index (χ2v) is 9.36. The molecular weight excluding hydrogens is 400 g/mol. The molecule has 164 valence electrons. The van der Waals surface area contributed by atoms with Crippen molar-refractivity contribution in [3.05, 3.63) is 12.2 Å². The number of fused-ring (bicyclic) bond motifs is 2. The molecule has 0 aromatic carbocycles. The van der Waals surface area contributed by atoms with E-state index in [9.17, 15) is 18.0 Å². The number of hydrogen-bond acceptors (Lipinski definition) is 7. The zero-order valence-corrected chi connectivity index (χ0v) is 17.9. The average Bonchev–Trinajstić information content (AvgIpc) is 2.91. The Kier molecular flexibility index (Phi) is 6.54. The Balaban J connectivity index is 1.66. The third-order valence-electron chi connectivity index (χ3n) is 6.06. The summed E-state index contributed by atoms with van der Waals surface area (Å²) in [4.78, 5) is 26.7. The van der Waals surface area contributed by atoms with Crippen LogP contribution in [0.2, 0.25) is 0 Å². The Morgan fingerprint density at radius 1 is 1.24 bits per heavy atom. The fraction of sp³-hybridized carbons (Fsp3) is 0.789. The maximum absolute atomic E-state index is 12.6. The lowest BCUT2D eigenvalue weighted by atomic mass is 9.75. The molecule has 10 heteroatoms. The van der Waals surface area contributed by atoms with Crippen LogP contribution in [0.4, 0.5) is 4.79 Å². The molecular formula is C19H30N2O7S. The third-order valence-corrected chi connectivity index (χ3v) is 6.81. The Bertz CT molecular complexity index is 761. The minimum atomic E-state index is -4.51. The molecule has 0 N–H and O–H groups in total. The molecule has 3 fully saturated rings. The molecule has 0 aromatic heterocycles. The number of urea groups is 1. The summed E-state index contributed by atoms with van der Waals surface area (Å²) in [6, 6.07) is -0.985. The van der Waals surface area contributed by atoms with E-state index in [1.165, 1.54) is 0 Å². The van der Waals surface area contributed by atoms with E-state index < -0.39 is 27.8 Å². The van der Waals surface area contributed by atoms with Crippen LogP contribution in [-0.4, -0.2) is 62.2 Å². The van der Waals surface area contributed by atoms with E-state index in [2.05, 4.69) is 6.58 Å². The molecule has 2 saturated heterocycles. The van der Waals surface area contributed by atoms with E-state index in [0.29, 0.717) is 32.2 Å². The van der Waals surface area contributed by atoms with Crippen LogP contribution in [0, 0.1) is 5.41 Å². The highest BCUT2D eigenvalue weighted by molar-refractivity contribution is 7.81. The van der Waals surface area contributed by atoms with Crippen LogP contribution in [0.15, 0.2) is 12.2 Å². The standard InChI is InChI=1S/C19H30N2O7S/c1-4-26-17(22)19(10-6-5-7-11-19)13-27-29(24,25)28-21-15-8-9-16(14(2)3)20(12-15)18(21)23/h15-16H,2,4-13H2,1,3H3/t15-,16+/m1/s1. The highest BCUT2D eigenvalue weighted by Crippen LogP contribution is 2.39. The summed E-state index contributed by atoms with van der Waals surface area (Å²) in [5, 5.41) is 0.885. The predicted molar refractivity (Wildman–Crippen MR) is 104 cm³/mol. The number of amides is 2. The van der Waals surface area contributed by atoms with Crippen molar-refractivity contribution < 1.29 is 31.2 Å². The van der Waals surface area contributed by atoms with Crippen LogP contribution < -0.4 is 0 Å². The molecule has 1 aliphatic carbocycles. The van der Waals surface area contributed by atoms with Gasteiger partial charge in [-0.2, -0.15) is 13.5 Å². The van der Waals surface area contributed by atoms with Gasteiger partial charge in [0.1, 0.15) is 0 Å². The number of piperidine rings is 1. The largest absolute Gasteiger partial charge is 0.465 e. The highest BCUT2D eigenvalue weighted by atomic mass is 32.3. The number of hydrogen-bond donors (Lipinski definition) is 0. The SMILES string of the molecule is C=C(C)[C@@H]1CC[C@@H]2CN1C(=O)N2OS(=O)(=O)OCC1(C(=O)OCC)CCCCC1.